The summed E-state index contributed by atoms with van der Waals surface area (Å²) >= 11 is 6.16. The maximum atomic E-state index is 6.16. The van der Waals surface area contributed by atoms with Crippen molar-refractivity contribution >= 4 is 29.1 Å². The number of aryl methyl sites for hydroxylation is 2. The second kappa shape index (κ2) is 8.99. The van der Waals surface area contributed by atoms with Crippen molar-refractivity contribution in [2.75, 3.05) is 37.8 Å². The number of pyridine rings is 1. The van der Waals surface area contributed by atoms with Gasteiger partial charge in [-0.25, -0.2) is 4.98 Å². The topological polar surface area (TPSA) is 66.0 Å². The molecule has 0 aliphatic carbocycles. The van der Waals surface area contributed by atoms with Gasteiger partial charge in [0.05, 0.1) is 5.69 Å². The van der Waals surface area contributed by atoms with Gasteiger partial charge in [0, 0.05) is 47.8 Å². The molecule has 146 valence electrons. The lowest BCUT2D eigenvalue weighted by atomic mass is 10.1. The van der Waals surface area contributed by atoms with Gasteiger partial charge in [0.2, 0.25) is 5.95 Å². The van der Waals surface area contributed by atoms with Crippen molar-refractivity contribution in [1.29, 1.82) is 0 Å². The summed E-state index contributed by atoms with van der Waals surface area (Å²) < 4.78 is 0. The maximum Gasteiger partial charge on any atom is 0.225 e. The fourth-order valence-electron chi connectivity index (χ4n) is 2.88. The van der Waals surface area contributed by atoms with Crippen LogP contribution < -0.4 is 10.6 Å². The van der Waals surface area contributed by atoms with Crippen molar-refractivity contribution in [2.45, 2.75) is 13.8 Å². The zero-order valence-corrected chi connectivity index (χ0v) is 17.4. The number of anilines is 3. The molecule has 0 atom stereocenters. The first kappa shape index (κ1) is 20.0. The lowest BCUT2D eigenvalue weighted by Gasteiger charge is -2.15. The summed E-state index contributed by atoms with van der Waals surface area (Å²) in [4.78, 5) is 15.6. The molecular weight excluding hydrogens is 372 g/mol. The first-order valence-corrected chi connectivity index (χ1v) is 9.52. The van der Waals surface area contributed by atoms with Crippen LogP contribution in [0.3, 0.4) is 0 Å². The maximum absolute atomic E-state index is 6.16. The van der Waals surface area contributed by atoms with E-state index in [1.54, 1.807) is 12.4 Å². The average Bonchev–Trinajstić information content (AvgIpc) is 2.65. The van der Waals surface area contributed by atoms with Crippen LogP contribution in [-0.2, 0) is 0 Å². The molecule has 2 aromatic heterocycles. The summed E-state index contributed by atoms with van der Waals surface area (Å²) in [5.41, 5.74) is 4.87. The van der Waals surface area contributed by atoms with Gasteiger partial charge in [0.15, 0.2) is 0 Å². The highest BCUT2D eigenvalue weighted by Crippen LogP contribution is 2.29. The predicted molar refractivity (Wildman–Crippen MR) is 117 cm³/mol. The number of aromatic nitrogens is 3. The van der Waals surface area contributed by atoms with Crippen LogP contribution in [0, 0.1) is 13.8 Å². The van der Waals surface area contributed by atoms with Crippen LogP contribution in [0.1, 0.15) is 11.1 Å². The number of likely N-dealkylation sites (N-methyl/N-ethyl adjacent to an activating group) is 1. The fraction of sp³-hybridized carbons (Fsp3) is 0.286. The van der Waals surface area contributed by atoms with Crippen molar-refractivity contribution in [3.05, 3.63) is 58.9 Å². The molecule has 7 heteroatoms. The molecule has 2 N–H and O–H groups in total. The molecule has 0 saturated carbocycles. The Bertz CT molecular complexity index is 920. The van der Waals surface area contributed by atoms with Crippen molar-refractivity contribution in [3.8, 4) is 11.3 Å². The first-order chi connectivity index (χ1) is 13.4. The Morgan fingerprint density at radius 3 is 2.46 bits per heavy atom. The Labute approximate surface area is 171 Å². The van der Waals surface area contributed by atoms with Crippen molar-refractivity contribution in [1.82, 2.24) is 19.9 Å². The minimum Gasteiger partial charge on any atom is -0.353 e. The Hall–Kier alpha value is -2.70. The predicted octanol–water partition coefficient (Wildman–Crippen LogP) is 4.53. The molecule has 0 amide bonds. The van der Waals surface area contributed by atoms with E-state index in [1.807, 2.05) is 58.3 Å². The highest BCUT2D eigenvalue weighted by atomic mass is 35.5. The summed E-state index contributed by atoms with van der Waals surface area (Å²) in [5, 5.41) is 7.47. The molecule has 3 aromatic rings. The molecule has 0 saturated heterocycles. The lowest BCUT2D eigenvalue weighted by molar-refractivity contribution is 0.425. The Balaban J connectivity index is 1.95. The van der Waals surface area contributed by atoms with E-state index in [4.69, 9.17) is 11.6 Å². The molecule has 1 aromatic carbocycles. The summed E-state index contributed by atoms with van der Waals surface area (Å²) in [5.74, 6) is 1.30. The minimum absolute atomic E-state index is 0.579. The molecule has 6 nitrogen and oxygen atoms in total. The fourth-order valence-corrected chi connectivity index (χ4v) is 3.21. The molecule has 3 rings (SSSR count). The van der Waals surface area contributed by atoms with Gasteiger partial charge in [0.25, 0.3) is 0 Å². The van der Waals surface area contributed by atoms with E-state index < -0.39 is 0 Å². The second-order valence-electron chi connectivity index (χ2n) is 6.97. The zero-order chi connectivity index (χ0) is 20.1. The number of benzene rings is 1. The molecule has 0 bridgehead atoms. The molecule has 0 spiro atoms. The number of hydrogen-bond acceptors (Lipinski definition) is 6. The summed E-state index contributed by atoms with van der Waals surface area (Å²) in [6, 6.07) is 9.70. The van der Waals surface area contributed by atoms with Crippen LogP contribution in [0.5, 0.6) is 0 Å². The van der Waals surface area contributed by atoms with Crippen LogP contribution in [0.25, 0.3) is 11.3 Å². The van der Waals surface area contributed by atoms with Crippen molar-refractivity contribution in [2.24, 2.45) is 0 Å². The van der Waals surface area contributed by atoms with E-state index in [2.05, 4.69) is 30.5 Å². The number of hydrogen-bond donors (Lipinski definition) is 2. The van der Waals surface area contributed by atoms with E-state index in [9.17, 15) is 0 Å². The smallest absolute Gasteiger partial charge is 0.225 e. The van der Waals surface area contributed by atoms with E-state index in [1.165, 1.54) is 0 Å². The third-order valence-corrected chi connectivity index (χ3v) is 4.49. The van der Waals surface area contributed by atoms with Crippen LogP contribution in [0.15, 0.2) is 42.7 Å². The van der Waals surface area contributed by atoms with Crippen molar-refractivity contribution < 1.29 is 0 Å². The van der Waals surface area contributed by atoms with Gasteiger partial charge in [-0.05, 0) is 63.3 Å². The van der Waals surface area contributed by atoms with Gasteiger partial charge in [-0.3, -0.25) is 4.98 Å². The molecule has 28 heavy (non-hydrogen) atoms. The number of halogens is 1. The Morgan fingerprint density at radius 2 is 1.82 bits per heavy atom. The van der Waals surface area contributed by atoms with Gasteiger partial charge in [0.1, 0.15) is 5.82 Å². The molecule has 0 fully saturated rings. The zero-order valence-electron chi connectivity index (χ0n) is 16.6. The van der Waals surface area contributed by atoms with E-state index >= 15 is 0 Å². The van der Waals surface area contributed by atoms with Gasteiger partial charge in [-0.1, -0.05) is 11.6 Å². The molecule has 2 heterocycles. The minimum atomic E-state index is 0.579. The number of nitrogens with one attached hydrogen (secondary N) is 2. The highest BCUT2D eigenvalue weighted by Gasteiger charge is 2.10. The molecule has 0 aliphatic rings. The normalized spacial score (nSPS) is 10.9. The van der Waals surface area contributed by atoms with Gasteiger partial charge >= 0.3 is 0 Å². The van der Waals surface area contributed by atoms with Gasteiger partial charge in [-0.2, -0.15) is 4.98 Å². The van der Waals surface area contributed by atoms with E-state index in [0.29, 0.717) is 5.95 Å². The van der Waals surface area contributed by atoms with Crippen LogP contribution in [0.4, 0.5) is 17.5 Å². The average molecular weight is 397 g/mol. The SMILES string of the molecule is Cc1cc(Cl)cc(C)c1Nc1cc(-c2cccnc2)nc(NCCN(C)C)n1. The van der Waals surface area contributed by atoms with Crippen LogP contribution in [0.2, 0.25) is 5.02 Å². The monoisotopic (exact) mass is 396 g/mol. The molecular formula is C21H25ClN6. The van der Waals surface area contributed by atoms with Gasteiger partial charge < -0.3 is 15.5 Å². The Morgan fingerprint density at radius 1 is 1.07 bits per heavy atom. The molecule has 0 unspecified atom stereocenters. The van der Waals surface area contributed by atoms with E-state index in [-0.39, 0.29) is 0 Å². The third-order valence-electron chi connectivity index (χ3n) is 4.28. The quantitative estimate of drug-likeness (QED) is 0.611. The number of rotatable bonds is 7. The lowest BCUT2D eigenvalue weighted by Crippen LogP contribution is -2.21. The summed E-state index contributed by atoms with van der Waals surface area (Å²) in [6.45, 7) is 5.70. The largest absolute Gasteiger partial charge is 0.353 e. The van der Waals surface area contributed by atoms with E-state index in [0.717, 1.165) is 52.0 Å². The first-order valence-electron chi connectivity index (χ1n) is 9.14. The molecule has 0 aliphatic heterocycles. The van der Waals surface area contributed by atoms with Crippen molar-refractivity contribution in [3.63, 3.8) is 0 Å². The van der Waals surface area contributed by atoms with Gasteiger partial charge in [-0.15, -0.1) is 0 Å². The summed E-state index contributed by atoms with van der Waals surface area (Å²) in [7, 11) is 4.07. The standard InChI is InChI=1S/C21H25ClN6/c1-14-10-17(22)11-15(2)20(14)26-19-12-18(16-6-5-7-23-13-16)25-21(27-19)24-8-9-28(3)4/h5-7,10-13H,8-9H2,1-4H3,(H2,24,25,26,27). The Kier molecular flexibility index (Phi) is 6.44. The second-order valence-corrected chi connectivity index (χ2v) is 7.41. The third kappa shape index (κ3) is 5.18. The molecule has 0 radical (unpaired) electrons. The van der Waals surface area contributed by atoms with Crippen LogP contribution >= 0.6 is 11.6 Å². The summed E-state index contributed by atoms with van der Waals surface area (Å²) in [6.07, 6.45) is 3.55. The highest BCUT2D eigenvalue weighted by molar-refractivity contribution is 6.30. The van der Waals surface area contributed by atoms with Crippen LogP contribution in [-0.4, -0.2) is 47.0 Å². The number of nitrogens with zero attached hydrogens (tertiary/aromatic N) is 4.